The summed E-state index contributed by atoms with van der Waals surface area (Å²) in [7, 11) is 1.76. The summed E-state index contributed by atoms with van der Waals surface area (Å²) in [6.07, 6.45) is 2.36. The number of likely N-dealkylation sites (N-methyl/N-ethyl adjacent to an activating group) is 1. The highest BCUT2D eigenvalue weighted by Crippen LogP contribution is 2.29. The molecule has 1 aromatic carbocycles. The van der Waals surface area contributed by atoms with Crippen LogP contribution in [0.1, 0.15) is 24.4 Å². The Bertz CT molecular complexity index is 566. The number of nitriles is 1. The molecule has 1 N–H and O–H groups in total. The number of carbonyl (C=O) groups is 1. The fourth-order valence-corrected chi connectivity index (χ4v) is 3.18. The van der Waals surface area contributed by atoms with E-state index in [1.807, 2.05) is 30.3 Å². The molecule has 1 amide bonds. The molecule has 5 nitrogen and oxygen atoms in total. The molecule has 1 aliphatic rings. The van der Waals surface area contributed by atoms with Gasteiger partial charge in [-0.3, -0.25) is 14.6 Å². The molecule has 0 bridgehead atoms. The van der Waals surface area contributed by atoms with E-state index in [0.717, 1.165) is 23.7 Å². The van der Waals surface area contributed by atoms with E-state index < -0.39 is 0 Å². The summed E-state index contributed by atoms with van der Waals surface area (Å²) in [6.45, 7) is 3.06. The van der Waals surface area contributed by atoms with E-state index in [9.17, 15) is 4.79 Å². The average molecular weight is 335 g/mol. The van der Waals surface area contributed by atoms with E-state index >= 15 is 0 Å². The molecule has 1 aromatic rings. The molecule has 0 radical (unpaired) electrons. The van der Waals surface area contributed by atoms with E-state index in [1.54, 1.807) is 11.9 Å². The molecule has 1 unspecified atom stereocenters. The second-order valence-electron chi connectivity index (χ2n) is 5.91. The summed E-state index contributed by atoms with van der Waals surface area (Å²) in [5, 5.41) is 12.4. The van der Waals surface area contributed by atoms with Gasteiger partial charge >= 0.3 is 0 Å². The maximum absolute atomic E-state index is 12.1. The van der Waals surface area contributed by atoms with Gasteiger partial charge in [-0.15, -0.1) is 0 Å². The third-order valence-corrected chi connectivity index (χ3v) is 4.44. The van der Waals surface area contributed by atoms with Crippen LogP contribution >= 0.6 is 11.6 Å². The van der Waals surface area contributed by atoms with E-state index in [-0.39, 0.29) is 25.0 Å². The highest BCUT2D eigenvalue weighted by molar-refractivity contribution is 6.31. The minimum absolute atomic E-state index is 0.0704. The molecular weight excluding hydrogens is 312 g/mol. The van der Waals surface area contributed by atoms with Crippen LogP contribution in [-0.2, 0) is 4.79 Å². The van der Waals surface area contributed by atoms with Gasteiger partial charge in [-0.2, -0.15) is 5.26 Å². The zero-order chi connectivity index (χ0) is 16.7. The quantitative estimate of drug-likeness (QED) is 0.775. The van der Waals surface area contributed by atoms with Crippen molar-refractivity contribution in [2.24, 2.45) is 0 Å². The second-order valence-corrected chi connectivity index (χ2v) is 6.32. The normalized spacial score (nSPS) is 16.3. The summed E-state index contributed by atoms with van der Waals surface area (Å²) < 4.78 is 0. The molecule has 1 saturated heterocycles. The molecule has 0 spiro atoms. The van der Waals surface area contributed by atoms with Crippen LogP contribution in [0.5, 0.6) is 0 Å². The number of likely N-dealkylation sites (tertiary alicyclic amines) is 1. The van der Waals surface area contributed by atoms with Gasteiger partial charge in [0, 0.05) is 11.6 Å². The van der Waals surface area contributed by atoms with Crippen LogP contribution in [0.3, 0.4) is 0 Å². The monoisotopic (exact) mass is 334 g/mol. The number of amides is 1. The first kappa shape index (κ1) is 17.7. The summed E-state index contributed by atoms with van der Waals surface area (Å²) in [6, 6.07) is 9.95. The van der Waals surface area contributed by atoms with Crippen molar-refractivity contribution in [2.45, 2.75) is 18.9 Å². The van der Waals surface area contributed by atoms with E-state index in [2.05, 4.69) is 10.2 Å². The minimum Gasteiger partial charge on any atom is -0.353 e. The Morgan fingerprint density at radius 1 is 1.43 bits per heavy atom. The van der Waals surface area contributed by atoms with Gasteiger partial charge < -0.3 is 5.32 Å². The van der Waals surface area contributed by atoms with E-state index in [0.29, 0.717) is 6.54 Å². The zero-order valence-corrected chi connectivity index (χ0v) is 14.2. The number of halogens is 1. The van der Waals surface area contributed by atoms with Gasteiger partial charge in [-0.1, -0.05) is 29.8 Å². The van der Waals surface area contributed by atoms with Gasteiger partial charge in [0.05, 0.1) is 25.2 Å². The van der Waals surface area contributed by atoms with E-state index in [1.165, 1.54) is 12.8 Å². The van der Waals surface area contributed by atoms with Crippen LogP contribution in [0.4, 0.5) is 0 Å². The van der Waals surface area contributed by atoms with Crippen LogP contribution in [0, 0.1) is 11.3 Å². The Morgan fingerprint density at radius 2 is 2.13 bits per heavy atom. The Labute approximate surface area is 142 Å². The Hall–Kier alpha value is -1.61. The van der Waals surface area contributed by atoms with Crippen LogP contribution in [-0.4, -0.2) is 55.5 Å². The third-order valence-electron chi connectivity index (χ3n) is 4.09. The SMILES string of the molecule is CN(CC#N)CC(=O)NCC(c1ccccc1Cl)N1CCCC1. The Kier molecular flexibility index (Phi) is 6.85. The van der Waals surface area contributed by atoms with Gasteiger partial charge in [0.2, 0.25) is 5.91 Å². The number of nitrogens with zero attached hydrogens (tertiary/aromatic N) is 3. The molecule has 1 heterocycles. The predicted molar refractivity (Wildman–Crippen MR) is 91.1 cm³/mol. The minimum atomic E-state index is -0.0704. The number of carbonyl (C=O) groups excluding carboxylic acids is 1. The van der Waals surface area contributed by atoms with Gasteiger partial charge in [0.15, 0.2) is 0 Å². The van der Waals surface area contributed by atoms with Crippen molar-refractivity contribution >= 4 is 17.5 Å². The number of benzene rings is 1. The summed E-state index contributed by atoms with van der Waals surface area (Å²) in [5.41, 5.74) is 1.06. The molecule has 0 aromatic heterocycles. The molecule has 124 valence electrons. The van der Waals surface area contributed by atoms with Crippen molar-refractivity contribution in [2.75, 3.05) is 39.8 Å². The standard InChI is InChI=1S/C17H23ClN4O/c1-21(11-8-19)13-17(23)20-12-16(22-9-4-5-10-22)14-6-2-3-7-15(14)18/h2-3,6-7,16H,4-5,9-13H2,1H3,(H,20,23). The van der Waals surface area contributed by atoms with Crippen LogP contribution in [0.2, 0.25) is 5.02 Å². The lowest BCUT2D eigenvalue weighted by molar-refractivity contribution is -0.122. The first-order valence-corrected chi connectivity index (χ1v) is 8.30. The maximum atomic E-state index is 12.1. The van der Waals surface area contributed by atoms with Crippen molar-refractivity contribution in [3.05, 3.63) is 34.9 Å². The Balaban J connectivity index is 2.00. The predicted octanol–water partition coefficient (Wildman–Crippen LogP) is 2.05. The van der Waals surface area contributed by atoms with Gasteiger partial charge in [0.25, 0.3) is 0 Å². The fourth-order valence-electron chi connectivity index (χ4n) is 2.92. The molecule has 0 saturated carbocycles. The van der Waals surface area contributed by atoms with Crippen molar-refractivity contribution in [3.63, 3.8) is 0 Å². The lowest BCUT2D eigenvalue weighted by atomic mass is 10.1. The van der Waals surface area contributed by atoms with Crippen molar-refractivity contribution in [1.82, 2.24) is 15.1 Å². The molecule has 6 heteroatoms. The molecule has 0 aliphatic carbocycles. The highest BCUT2D eigenvalue weighted by Gasteiger charge is 2.25. The third kappa shape index (κ3) is 5.21. The molecule has 1 aliphatic heterocycles. The lowest BCUT2D eigenvalue weighted by Gasteiger charge is -2.29. The first-order valence-electron chi connectivity index (χ1n) is 7.92. The average Bonchev–Trinajstić information content (AvgIpc) is 3.03. The first-order chi connectivity index (χ1) is 11.1. The van der Waals surface area contributed by atoms with Gasteiger partial charge in [-0.05, 0) is 44.6 Å². The summed E-state index contributed by atoms with van der Waals surface area (Å²) >= 11 is 6.35. The number of hydrogen-bond acceptors (Lipinski definition) is 4. The molecule has 23 heavy (non-hydrogen) atoms. The summed E-state index contributed by atoms with van der Waals surface area (Å²) in [5.74, 6) is -0.0704. The maximum Gasteiger partial charge on any atom is 0.234 e. The zero-order valence-electron chi connectivity index (χ0n) is 13.5. The molecule has 2 rings (SSSR count). The number of nitrogens with one attached hydrogen (secondary N) is 1. The fraction of sp³-hybridized carbons (Fsp3) is 0.529. The van der Waals surface area contributed by atoms with Crippen molar-refractivity contribution in [1.29, 1.82) is 5.26 Å². The van der Waals surface area contributed by atoms with Crippen molar-refractivity contribution < 1.29 is 4.79 Å². The topological polar surface area (TPSA) is 59.4 Å². The second kappa shape index (κ2) is 8.88. The van der Waals surface area contributed by atoms with Crippen LogP contribution < -0.4 is 5.32 Å². The highest BCUT2D eigenvalue weighted by atomic mass is 35.5. The number of rotatable bonds is 7. The summed E-state index contributed by atoms with van der Waals surface area (Å²) in [4.78, 5) is 16.1. The Morgan fingerprint density at radius 3 is 2.78 bits per heavy atom. The van der Waals surface area contributed by atoms with Gasteiger partial charge in [0.1, 0.15) is 0 Å². The molecular formula is C17H23ClN4O. The lowest BCUT2D eigenvalue weighted by Crippen LogP contribution is -2.41. The smallest absolute Gasteiger partial charge is 0.234 e. The van der Waals surface area contributed by atoms with Gasteiger partial charge in [-0.25, -0.2) is 0 Å². The van der Waals surface area contributed by atoms with E-state index in [4.69, 9.17) is 16.9 Å². The molecule has 1 fully saturated rings. The largest absolute Gasteiger partial charge is 0.353 e. The molecule has 1 atom stereocenters. The van der Waals surface area contributed by atoms with Crippen molar-refractivity contribution in [3.8, 4) is 6.07 Å². The number of hydrogen-bond donors (Lipinski definition) is 1. The van der Waals surface area contributed by atoms with Crippen LogP contribution in [0.15, 0.2) is 24.3 Å². The van der Waals surface area contributed by atoms with Crippen LogP contribution in [0.25, 0.3) is 0 Å².